The molecule has 3 rings (SSSR count). The van der Waals surface area contributed by atoms with Crippen molar-refractivity contribution in [3.05, 3.63) is 65.5 Å². The SMILES string of the molecule is CCNC(c1cnccc1C)C1(c2ccccc2)CC1. The predicted molar refractivity (Wildman–Crippen MR) is 82.7 cm³/mol. The Labute approximate surface area is 121 Å². The van der Waals surface area contributed by atoms with Crippen molar-refractivity contribution >= 4 is 0 Å². The van der Waals surface area contributed by atoms with Crippen LogP contribution in [-0.2, 0) is 5.41 Å². The lowest BCUT2D eigenvalue weighted by molar-refractivity contribution is 0.437. The molecule has 0 aliphatic heterocycles. The van der Waals surface area contributed by atoms with Crippen molar-refractivity contribution in [3.63, 3.8) is 0 Å². The first-order valence-electron chi connectivity index (χ1n) is 7.47. The summed E-state index contributed by atoms with van der Waals surface area (Å²) in [6.45, 7) is 5.34. The number of aryl methyl sites for hydroxylation is 1. The Morgan fingerprint density at radius 2 is 1.95 bits per heavy atom. The summed E-state index contributed by atoms with van der Waals surface area (Å²) < 4.78 is 0. The molecule has 2 aromatic rings. The molecule has 20 heavy (non-hydrogen) atoms. The summed E-state index contributed by atoms with van der Waals surface area (Å²) in [5.41, 5.74) is 4.38. The molecule has 1 saturated carbocycles. The molecule has 1 aromatic heterocycles. The Balaban J connectivity index is 2.02. The van der Waals surface area contributed by atoms with Crippen LogP contribution in [0.5, 0.6) is 0 Å². The van der Waals surface area contributed by atoms with Gasteiger partial charge in [-0.15, -0.1) is 0 Å². The van der Waals surface area contributed by atoms with Gasteiger partial charge in [-0.1, -0.05) is 37.3 Å². The molecule has 104 valence electrons. The van der Waals surface area contributed by atoms with Crippen molar-refractivity contribution in [1.29, 1.82) is 0 Å². The highest BCUT2D eigenvalue weighted by molar-refractivity contribution is 5.40. The zero-order chi connectivity index (χ0) is 14.0. The monoisotopic (exact) mass is 266 g/mol. The fourth-order valence-corrected chi connectivity index (χ4v) is 3.23. The van der Waals surface area contributed by atoms with Gasteiger partial charge in [0.2, 0.25) is 0 Å². The highest BCUT2D eigenvalue weighted by Crippen LogP contribution is 2.56. The number of likely N-dealkylation sites (N-methyl/N-ethyl adjacent to an activating group) is 1. The third-order valence-electron chi connectivity index (χ3n) is 4.49. The normalized spacial score (nSPS) is 17.7. The van der Waals surface area contributed by atoms with Crippen LogP contribution in [0.1, 0.15) is 42.5 Å². The molecule has 0 amide bonds. The molecule has 1 aliphatic rings. The first-order valence-corrected chi connectivity index (χ1v) is 7.47. The molecule has 1 unspecified atom stereocenters. The molecule has 0 saturated heterocycles. The van der Waals surface area contributed by atoms with Crippen LogP contribution in [0.4, 0.5) is 0 Å². The van der Waals surface area contributed by atoms with E-state index >= 15 is 0 Å². The van der Waals surface area contributed by atoms with Crippen LogP contribution in [0, 0.1) is 6.92 Å². The zero-order valence-electron chi connectivity index (χ0n) is 12.3. The summed E-state index contributed by atoms with van der Waals surface area (Å²) in [7, 11) is 0. The Bertz CT molecular complexity index is 573. The van der Waals surface area contributed by atoms with Gasteiger partial charge in [-0.3, -0.25) is 4.98 Å². The van der Waals surface area contributed by atoms with E-state index in [0.717, 1.165) is 6.54 Å². The topological polar surface area (TPSA) is 24.9 Å². The lowest BCUT2D eigenvalue weighted by atomic mass is 9.83. The molecule has 1 N–H and O–H groups in total. The van der Waals surface area contributed by atoms with Crippen molar-refractivity contribution in [1.82, 2.24) is 10.3 Å². The molecule has 1 heterocycles. The third kappa shape index (κ3) is 2.25. The minimum absolute atomic E-state index is 0.255. The fraction of sp³-hybridized carbons (Fsp3) is 0.389. The average molecular weight is 266 g/mol. The van der Waals surface area contributed by atoms with Gasteiger partial charge in [0.15, 0.2) is 0 Å². The molecule has 1 fully saturated rings. The van der Waals surface area contributed by atoms with Gasteiger partial charge < -0.3 is 5.32 Å². The summed E-state index contributed by atoms with van der Waals surface area (Å²) in [6.07, 6.45) is 6.42. The minimum atomic E-state index is 0.255. The molecular formula is C18H22N2. The quantitative estimate of drug-likeness (QED) is 0.891. The minimum Gasteiger partial charge on any atom is -0.309 e. The van der Waals surface area contributed by atoms with Crippen LogP contribution < -0.4 is 5.32 Å². The van der Waals surface area contributed by atoms with E-state index in [2.05, 4.69) is 60.5 Å². The second-order valence-electron chi connectivity index (χ2n) is 5.75. The summed E-state index contributed by atoms with van der Waals surface area (Å²) in [5, 5.41) is 3.70. The predicted octanol–water partition coefficient (Wildman–Crippen LogP) is 3.77. The average Bonchev–Trinajstić information content (AvgIpc) is 3.28. The third-order valence-corrected chi connectivity index (χ3v) is 4.49. The van der Waals surface area contributed by atoms with Gasteiger partial charge in [0, 0.05) is 23.9 Å². The van der Waals surface area contributed by atoms with Crippen LogP contribution >= 0.6 is 0 Å². The maximum absolute atomic E-state index is 4.34. The van der Waals surface area contributed by atoms with Crippen molar-refractivity contribution in [2.75, 3.05) is 6.54 Å². The largest absolute Gasteiger partial charge is 0.309 e. The molecular weight excluding hydrogens is 244 g/mol. The molecule has 1 atom stereocenters. The fourth-order valence-electron chi connectivity index (χ4n) is 3.23. The van der Waals surface area contributed by atoms with E-state index in [1.165, 1.54) is 29.5 Å². The Hall–Kier alpha value is -1.67. The number of aromatic nitrogens is 1. The smallest absolute Gasteiger partial charge is 0.0436 e. The van der Waals surface area contributed by atoms with Crippen molar-refractivity contribution in [3.8, 4) is 0 Å². The zero-order valence-corrected chi connectivity index (χ0v) is 12.3. The van der Waals surface area contributed by atoms with E-state index in [0.29, 0.717) is 6.04 Å². The first-order chi connectivity index (χ1) is 9.78. The number of nitrogens with zero attached hydrogens (tertiary/aromatic N) is 1. The molecule has 0 spiro atoms. The number of benzene rings is 1. The van der Waals surface area contributed by atoms with Crippen LogP contribution in [0.3, 0.4) is 0 Å². The number of nitrogens with one attached hydrogen (secondary N) is 1. The highest BCUT2D eigenvalue weighted by atomic mass is 14.9. The second kappa shape index (κ2) is 5.37. The lowest BCUT2D eigenvalue weighted by Crippen LogP contribution is -2.32. The van der Waals surface area contributed by atoms with E-state index in [-0.39, 0.29) is 5.41 Å². The van der Waals surface area contributed by atoms with Gasteiger partial charge in [-0.25, -0.2) is 0 Å². The summed E-state index contributed by atoms with van der Waals surface area (Å²) in [5.74, 6) is 0. The summed E-state index contributed by atoms with van der Waals surface area (Å²) >= 11 is 0. The maximum Gasteiger partial charge on any atom is 0.0436 e. The summed E-state index contributed by atoms with van der Waals surface area (Å²) in [4.78, 5) is 4.34. The van der Waals surface area contributed by atoms with E-state index in [1.54, 1.807) is 0 Å². The number of hydrogen-bond acceptors (Lipinski definition) is 2. The Morgan fingerprint density at radius 1 is 1.20 bits per heavy atom. The number of pyridine rings is 1. The van der Waals surface area contributed by atoms with Crippen molar-refractivity contribution in [2.24, 2.45) is 0 Å². The van der Waals surface area contributed by atoms with Gasteiger partial charge in [0.25, 0.3) is 0 Å². The number of rotatable bonds is 5. The van der Waals surface area contributed by atoms with Gasteiger partial charge in [0.05, 0.1) is 0 Å². The first kappa shape index (κ1) is 13.3. The number of hydrogen-bond donors (Lipinski definition) is 1. The van der Waals surface area contributed by atoms with Gasteiger partial charge in [0.1, 0.15) is 0 Å². The second-order valence-corrected chi connectivity index (χ2v) is 5.75. The molecule has 2 heteroatoms. The van der Waals surface area contributed by atoms with Gasteiger partial charge in [-0.2, -0.15) is 0 Å². The van der Waals surface area contributed by atoms with Crippen molar-refractivity contribution in [2.45, 2.75) is 38.1 Å². The van der Waals surface area contributed by atoms with E-state index < -0.39 is 0 Å². The van der Waals surface area contributed by atoms with Gasteiger partial charge in [-0.05, 0) is 49.1 Å². The lowest BCUT2D eigenvalue weighted by Gasteiger charge is -2.29. The van der Waals surface area contributed by atoms with Crippen LogP contribution in [-0.4, -0.2) is 11.5 Å². The van der Waals surface area contributed by atoms with Crippen molar-refractivity contribution < 1.29 is 0 Å². The Morgan fingerprint density at radius 3 is 2.55 bits per heavy atom. The van der Waals surface area contributed by atoms with Gasteiger partial charge >= 0.3 is 0 Å². The Kier molecular flexibility index (Phi) is 3.58. The van der Waals surface area contributed by atoms with Crippen LogP contribution in [0.25, 0.3) is 0 Å². The molecule has 0 radical (unpaired) electrons. The van der Waals surface area contributed by atoms with E-state index in [1.807, 2.05) is 12.4 Å². The standard InChI is InChI=1S/C18H22N2/c1-3-20-17(16-13-19-12-9-14(16)2)18(10-11-18)15-7-5-4-6-8-15/h4-9,12-13,17,20H,3,10-11H2,1-2H3. The van der Waals surface area contributed by atoms with Crippen LogP contribution in [0.2, 0.25) is 0 Å². The van der Waals surface area contributed by atoms with E-state index in [4.69, 9.17) is 0 Å². The summed E-state index contributed by atoms with van der Waals surface area (Å²) in [6, 6.07) is 13.4. The van der Waals surface area contributed by atoms with Crippen LogP contribution in [0.15, 0.2) is 48.8 Å². The molecule has 0 bridgehead atoms. The molecule has 1 aromatic carbocycles. The van der Waals surface area contributed by atoms with E-state index in [9.17, 15) is 0 Å². The maximum atomic E-state index is 4.34. The molecule has 2 nitrogen and oxygen atoms in total. The highest BCUT2D eigenvalue weighted by Gasteiger charge is 2.51. The molecule has 1 aliphatic carbocycles.